The molecule has 0 aliphatic carbocycles. The molecule has 1 heterocycles. The summed E-state index contributed by atoms with van der Waals surface area (Å²) >= 11 is 1.41. The third-order valence-electron chi connectivity index (χ3n) is 4.21. The molecule has 0 unspecified atom stereocenters. The molecule has 0 saturated carbocycles. The first-order chi connectivity index (χ1) is 13.7. The van der Waals surface area contributed by atoms with Gasteiger partial charge in [0.25, 0.3) is 5.91 Å². The summed E-state index contributed by atoms with van der Waals surface area (Å²) in [6.45, 7) is 0.307. The fraction of sp³-hybridized carbons (Fsp3) is 0.0455. The first-order valence-electron chi connectivity index (χ1n) is 8.72. The Kier molecular flexibility index (Phi) is 5.09. The predicted octanol–water partition coefficient (Wildman–Crippen LogP) is 4.52. The van der Waals surface area contributed by atoms with Crippen LogP contribution in [-0.2, 0) is 6.54 Å². The zero-order valence-corrected chi connectivity index (χ0v) is 15.7. The van der Waals surface area contributed by atoms with E-state index in [1.807, 2.05) is 60.7 Å². The molecule has 0 spiro atoms. The van der Waals surface area contributed by atoms with Crippen molar-refractivity contribution in [1.29, 1.82) is 5.26 Å². The fourth-order valence-corrected chi connectivity index (χ4v) is 3.88. The van der Waals surface area contributed by atoms with E-state index < -0.39 is 0 Å². The number of amides is 1. The number of aromatic nitrogens is 2. The van der Waals surface area contributed by atoms with Gasteiger partial charge < -0.3 is 10.3 Å². The van der Waals surface area contributed by atoms with Gasteiger partial charge in [-0.15, -0.1) is 0 Å². The summed E-state index contributed by atoms with van der Waals surface area (Å²) in [6.07, 6.45) is 0. The third-order valence-corrected chi connectivity index (χ3v) is 5.37. The third kappa shape index (κ3) is 3.75. The van der Waals surface area contributed by atoms with Gasteiger partial charge in [0, 0.05) is 9.79 Å². The highest BCUT2D eigenvalue weighted by molar-refractivity contribution is 7.99. The van der Waals surface area contributed by atoms with Crippen molar-refractivity contribution in [2.24, 2.45) is 0 Å². The average Bonchev–Trinajstić information content (AvgIpc) is 3.16. The summed E-state index contributed by atoms with van der Waals surface area (Å²) in [5.41, 5.74) is 2.97. The lowest BCUT2D eigenvalue weighted by Crippen LogP contribution is -2.24. The van der Waals surface area contributed by atoms with E-state index in [-0.39, 0.29) is 5.91 Å². The molecule has 28 heavy (non-hydrogen) atoms. The van der Waals surface area contributed by atoms with Crippen LogP contribution in [0.1, 0.15) is 21.7 Å². The van der Waals surface area contributed by atoms with Gasteiger partial charge in [0.1, 0.15) is 11.9 Å². The molecule has 0 atom stereocenters. The zero-order chi connectivity index (χ0) is 19.3. The van der Waals surface area contributed by atoms with Crippen molar-refractivity contribution in [3.63, 3.8) is 0 Å². The van der Waals surface area contributed by atoms with Crippen molar-refractivity contribution >= 4 is 28.7 Å². The molecule has 1 aromatic heterocycles. The Morgan fingerprint density at radius 2 is 1.71 bits per heavy atom. The van der Waals surface area contributed by atoms with Gasteiger partial charge >= 0.3 is 0 Å². The smallest absolute Gasteiger partial charge is 0.252 e. The topological polar surface area (TPSA) is 81.6 Å². The summed E-state index contributed by atoms with van der Waals surface area (Å²) in [5.74, 6) is 0.521. The van der Waals surface area contributed by atoms with Gasteiger partial charge in [-0.1, -0.05) is 48.2 Å². The molecule has 1 amide bonds. The Hall–Kier alpha value is -3.56. The molecule has 0 radical (unpaired) electrons. The standard InChI is InChI=1S/C22H16N4OS/c23-13-15-7-1-5-11-19(15)28-20-12-6-2-8-16(20)22(27)24-14-21-25-17-9-3-4-10-18(17)26-21/h1-12H,14H2,(H,24,27)(H,25,26). The van der Waals surface area contributed by atoms with Crippen LogP contribution >= 0.6 is 11.8 Å². The van der Waals surface area contributed by atoms with Crippen LogP contribution in [0, 0.1) is 11.3 Å². The van der Waals surface area contributed by atoms with Crippen LogP contribution in [0.5, 0.6) is 0 Å². The number of nitrogens with zero attached hydrogens (tertiary/aromatic N) is 2. The van der Waals surface area contributed by atoms with Crippen LogP contribution < -0.4 is 5.32 Å². The van der Waals surface area contributed by atoms with E-state index in [2.05, 4.69) is 21.4 Å². The summed E-state index contributed by atoms with van der Waals surface area (Å²) < 4.78 is 0. The maximum atomic E-state index is 12.8. The second kappa shape index (κ2) is 7.99. The summed E-state index contributed by atoms with van der Waals surface area (Å²) in [4.78, 5) is 22.1. The number of para-hydroxylation sites is 2. The molecule has 136 valence electrons. The van der Waals surface area contributed by atoms with Crippen LogP contribution in [0.2, 0.25) is 0 Å². The Morgan fingerprint density at radius 3 is 2.54 bits per heavy atom. The van der Waals surface area contributed by atoms with Gasteiger partial charge in [0.2, 0.25) is 0 Å². The monoisotopic (exact) mass is 384 g/mol. The Labute approximate surface area is 166 Å². The molecule has 3 aromatic carbocycles. The Balaban J connectivity index is 1.52. The molecule has 0 saturated heterocycles. The lowest BCUT2D eigenvalue weighted by atomic mass is 10.2. The first kappa shape index (κ1) is 17.8. The van der Waals surface area contributed by atoms with E-state index in [9.17, 15) is 10.1 Å². The fourth-order valence-electron chi connectivity index (χ4n) is 2.86. The lowest BCUT2D eigenvalue weighted by molar-refractivity contribution is 0.0947. The largest absolute Gasteiger partial charge is 0.345 e. The normalized spacial score (nSPS) is 10.5. The van der Waals surface area contributed by atoms with E-state index >= 15 is 0 Å². The van der Waals surface area contributed by atoms with E-state index in [0.717, 1.165) is 20.8 Å². The minimum absolute atomic E-state index is 0.182. The molecule has 0 bridgehead atoms. The maximum Gasteiger partial charge on any atom is 0.252 e. The molecular weight excluding hydrogens is 368 g/mol. The van der Waals surface area contributed by atoms with Crippen molar-refractivity contribution in [2.75, 3.05) is 0 Å². The van der Waals surface area contributed by atoms with Gasteiger partial charge in [0.15, 0.2) is 0 Å². The van der Waals surface area contributed by atoms with Crippen LogP contribution in [0.25, 0.3) is 11.0 Å². The zero-order valence-electron chi connectivity index (χ0n) is 14.8. The average molecular weight is 384 g/mol. The van der Waals surface area contributed by atoms with Crippen LogP contribution in [-0.4, -0.2) is 15.9 Å². The van der Waals surface area contributed by atoms with E-state index in [4.69, 9.17) is 0 Å². The first-order valence-corrected chi connectivity index (χ1v) is 9.54. The predicted molar refractivity (Wildman–Crippen MR) is 109 cm³/mol. The molecule has 6 heteroatoms. The second-order valence-electron chi connectivity index (χ2n) is 6.09. The molecular formula is C22H16N4OS. The van der Waals surface area contributed by atoms with Gasteiger partial charge in [-0.3, -0.25) is 4.79 Å². The molecule has 2 N–H and O–H groups in total. The maximum absolute atomic E-state index is 12.8. The summed E-state index contributed by atoms with van der Waals surface area (Å²) in [5, 5.41) is 12.2. The molecule has 4 aromatic rings. The number of hydrogen-bond acceptors (Lipinski definition) is 4. The quantitative estimate of drug-likeness (QED) is 0.530. The molecule has 0 aliphatic heterocycles. The number of hydrogen-bond donors (Lipinski definition) is 2. The van der Waals surface area contributed by atoms with Gasteiger partial charge in [-0.05, 0) is 36.4 Å². The number of carbonyl (C=O) groups excluding carboxylic acids is 1. The number of aromatic amines is 1. The van der Waals surface area contributed by atoms with Crippen LogP contribution in [0.15, 0.2) is 82.6 Å². The van der Waals surface area contributed by atoms with Crippen LogP contribution in [0.3, 0.4) is 0 Å². The van der Waals surface area contributed by atoms with Gasteiger partial charge in [-0.2, -0.15) is 5.26 Å². The summed E-state index contributed by atoms with van der Waals surface area (Å²) in [7, 11) is 0. The van der Waals surface area contributed by atoms with Crippen molar-refractivity contribution < 1.29 is 4.79 Å². The Bertz CT molecular complexity index is 1160. The molecule has 5 nitrogen and oxygen atoms in total. The Morgan fingerprint density at radius 1 is 1.00 bits per heavy atom. The van der Waals surface area contributed by atoms with E-state index in [1.165, 1.54) is 11.8 Å². The number of nitrogens with one attached hydrogen (secondary N) is 2. The summed E-state index contributed by atoms with van der Waals surface area (Å²) in [6, 6.07) is 24.7. The number of H-pyrrole nitrogens is 1. The van der Waals surface area contributed by atoms with Crippen molar-refractivity contribution in [1.82, 2.24) is 15.3 Å². The molecule has 0 aliphatic rings. The van der Waals surface area contributed by atoms with Crippen LogP contribution in [0.4, 0.5) is 0 Å². The number of imidazole rings is 1. The number of fused-ring (bicyclic) bond motifs is 1. The SMILES string of the molecule is N#Cc1ccccc1Sc1ccccc1C(=O)NCc1nc2ccccc2[nH]1. The highest BCUT2D eigenvalue weighted by Crippen LogP contribution is 2.32. The highest BCUT2D eigenvalue weighted by atomic mass is 32.2. The van der Waals surface area contributed by atoms with Crippen molar-refractivity contribution in [3.05, 3.63) is 89.7 Å². The molecule has 4 rings (SSSR count). The van der Waals surface area contributed by atoms with Crippen molar-refractivity contribution in [3.8, 4) is 6.07 Å². The van der Waals surface area contributed by atoms with E-state index in [1.54, 1.807) is 12.1 Å². The second-order valence-corrected chi connectivity index (χ2v) is 7.17. The van der Waals surface area contributed by atoms with Gasteiger partial charge in [-0.25, -0.2) is 4.98 Å². The number of benzene rings is 3. The minimum Gasteiger partial charge on any atom is -0.345 e. The van der Waals surface area contributed by atoms with E-state index in [0.29, 0.717) is 23.5 Å². The number of carbonyl (C=O) groups is 1. The van der Waals surface area contributed by atoms with Gasteiger partial charge in [0.05, 0.1) is 28.7 Å². The number of rotatable bonds is 5. The van der Waals surface area contributed by atoms with Crippen molar-refractivity contribution in [2.45, 2.75) is 16.3 Å². The number of nitriles is 1. The lowest BCUT2D eigenvalue weighted by Gasteiger charge is -2.10. The highest BCUT2D eigenvalue weighted by Gasteiger charge is 2.14. The minimum atomic E-state index is -0.182. The molecule has 0 fully saturated rings.